The van der Waals surface area contributed by atoms with Gasteiger partial charge in [-0.15, -0.1) is 0 Å². The molecule has 0 aliphatic carbocycles. The van der Waals surface area contributed by atoms with Crippen molar-refractivity contribution in [2.45, 2.75) is 19.9 Å². The van der Waals surface area contributed by atoms with Crippen molar-refractivity contribution in [1.29, 1.82) is 0 Å². The summed E-state index contributed by atoms with van der Waals surface area (Å²) in [4.78, 5) is 24.9. The quantitative estimate of drug-likeness (QED) is 0.522. The average molecular weight is 374 g/mol. The van der Waals surface area contributed by atoms with Crippen LogP contribution in [0.25, 0.3) is 27.6 Å². The standard InChI is InChI=1S/C20H18N6O2/c1-12-18-17(26-20(24-12)22-11-23-26)6-8-25(19(18)27)7-5-13-10-21-16-4-3-14(28-2)9-15(13)16/h3-4,6,8-11,21H,5,7H2,1-2H3. The number of H-pyrrole nitrogens is 1. The number of pyridine rings is 1. The number of aryl methyl sites for hydroxylation is 3. The zero-order chi connectivity index (χ0) is 19.3. The normalized spacial score (nSPS) is 11.6. The molecule has 0 aliphatic heterocycles. The fourth-order valence-corrected chi connectivity index (χ4v) is 3.68. The SMILES string of the molecule is COc1ccc2[nH]cc(CCn3ccc4c(c(C)nc5ncnn54)c3=O)c2c1. The molecule has 0 atom stereocenters. The summed E-state index contributed by atoms with van der Waals surface area (Å²) in [5, 5.41) is 5.85. The van der Waals surface area contributed by atoms with Crippen LogP contribution in [0.3, 0.4) is 0 Å². The second-order valence-electron chi connectivity index (χ2n) is 6.72. The van der Waals surface area contributed by atoms with E-state index in [4.69, 9.17) is 4.74 Å². The summed E-state index contributed by atoms with van der Waals surface area (Å²) >= 11 is 0. The van der Waals surface area contributed by atoms with Crippen molar-refractivity contribution >= 4 is 27.6 Å². The van der Waals surface area contributed by atoms with Crippen LogP contribution in [0, 0.1) is 6.92 Å². The lowest BCUT2D eigenvalue weighted by Gasteiger charge is -2.09. The molecule has 0 unspecified atom stereocenters. The van der Waals surface area contributed by atoms with Gasteiger partial charge in [-0.1, -0.05) is 0 Å². The van der Waals surface area contributed by atoms with Gasteiger partial charge < -0.3 is 14.3 Å². The number of benzene rings is 1. The topological polar surface area (TPSA) is 90.1 Å². The molecule has 1 aromatic carbocycles. The molecule has 5 rings (SSSR count). The van der Waals surface area contributed by atoms with Crippen molar-refractivity contribution < 1.29 is 4.74 Å². The summed E-state index contributed by atoms with van der Waals surface area (Å²) in [6, 6.07) is 7.83. The highest BCUT2D eigenvalue weighted by molar-refractivity contribution is 5.84. The molecule has 1 N–H and O–H groups in total. The van der Waals surface area contributed by atoms with E-state index in [0.717, 1.165) is 34.2 Å². The first-order valence-electron chi connectivity index (χ1n) is 8.99. The number of hydrogen-bond donors (Lipinski definition) is 1. The van der Waals surface area contributed by atoms with Crippen LogP contribution < -0.4 is 10.3 Å². The van der Waals surface area contributed by atoms with Crippen LogP contribution in [0.5, 0.6) is 5.75 Å². The molecule has 0 fully saturated rings. The first-order valence-corrected chi connectivity index (χ1v) is 8.99. The van der Waals surface area contributed by atoms with Crippen LogP contribution in [0.2, 0.25) is 0 Å². The van der Waals surface area contributed by atoms with E-state index in [9.17, 15) is 4.79 Å². The largest absolute Gasteiger partial charge is 0.497 e. The van der Waals surface area contributed by atoms with Crippen LogP contribution in [-0.4, -0.2) is 36.2 Å². The third-order valence-electron chi connectivity index (χ3n) is 5.13. The van der Waals surface area contributed by atoms with Gasteiger partial charge in [-0.2, -0.15) is 14.6 Å². The highest BCUT2D eigenvalue weighted by Gasteiger charge is 2.13. The summed E-state index contributed by atoms with van der Waals surface area (Å²) in [5.41, 5.74) is 3.50. The number of ether oxygens (including phenoxy) is 1. The van der Waals surface area contributed by atoms with E-state index < -0.39 is 0 Å². The van der Waals surface area contributed by atoms with E-state index in [1.807, 2.05) is 37.4 Å². The van der Waals surface area contributed by atoms with E-state index in [2.05, 4.69) is 20.1 Å². The van der Waals surface area contributed by atoms with E-state index in [1.54, 1.807) is 22.4 Å². The Morgan fingerprint density at radius 3 is 3.00 bits per heavy atom. The predicted octanol–water partition coefficient (Wildman–Crippen LogP) is 2.48. The van der Waals surface area contributed by atoms with E-state index in [1.165, 1.54) is 6.33 Å². The molecule has 0 bridgehead atoms. The Labute approximate surface area is 159 Å². The van der Waals surface area contributed by atoms with Gasteiger partial charge in [-0.3, -0.25) is 4.79 Å². The molecule has 0 radical (unpaired) electrons. The third-order valence-corrected chi connectivity index (χ3v) is 5.13. The summed E-state index contributed by atoms with van der Waals surface area (Å²) < 4.78 is 8.65. The van der Waals surface area contributed by atoms with Crippen molar-refractivity contribution in [2.24, 2.45) is 0 Å². The molecule has 0 spiro atoms. The molecule has 4 heterocycles. The number of nitrogens with one attached hydrogen (secondary N) is 1. The van der Waals surface area contributed by atoms with Crippen LogP contribution in [0.15, 0.2) is 47.8 Å². The molecular weight excluding hydrogens is 356 g/mol. The van der Waals surface area contributed by atoms with Gasteiger partial charge in [0.05, 0.1) is 23.7 Å². The van der Waals surface area contributed by atoms with Crippen molar-refractivity contribution in [3.05, 3.63) is 64.6 Å². The van der Waals surface area contributed by atoms with Crippen molar-refractivity contribution in [1.82, 2.24) is 29.1 Å². The lowest BCUT2D eigenvalue weighted by molar-refractivity contribution is 0.415. The Kier molecular flexibility index (Phi) is 3.65. The maximum absolute atomic E-state index is 13.1. The van der Waals surface area contributed by atoms with Gasteiger partial charge in [0.1, 0.15) is 12.1 Å². The van der Waals surface area contributed by atoms with Crippen molar-refractivity contribution in [3.8, 4) is 5.75 Å². The minimum atomic E-state index is -0.0719. The van der Waals surface area contributed by atoms with Gasteiger partial charge in [-0.05, 0) is 43.2 Å². The maximum Gasteiger partial charge on any atom is 0.261 e. The Morgan fingerprint density at radius 2 is 2.14 bits per heavy atom. The number of methoxy groups -OCH3 is 1. The van der Waals surface area contributed by atoms with Crippen LogP contribution in [0.1, 0.15) is 11.3 Å². The Hall–Kier alpha value is -3.68. The summed E-state index contributed by atoms with van der Waals surface area (Å²) in [5.74, 6) is 1.31. The van der Waals surface area contributed by atoms with E-state index in [0.29, 0.717) is 23.4 Å². The lowest BCUT2D eigenvalue weighted by atomic mass is 10.1. The minimum Gasteiger partial charge on any atom is -0.497 e. The molecule has 8 heteroatoms. The molecule has 28 heavy (non-hydrogen) atoms. The lowest BCUT2D eigenvalue weighted by Crippen LogP contribution is -2.22. The second kappa shape index (κ2) is 6.19. The molecule has 0 saturated heterocycles. The molecular formula is C20H18N6O2. The monoisotopic (exact) mass is 374 g/mol. The number of rotatable bonds is 4. The molecule has 140 valence electrons. The predicted molar refractivity (Wildman–Crippen MR) is 106 cm³/mol. The molecule has 5 aromatic rings. The van der Waals surface area contributed by atoms with Gasteiger partial charge in [0.15, 0.2) is 0 Å². The number of aromatic amines is 1. The van der Waals surface area contributed by atoms with Gasteiger partial charge in [0, 0.05) is 29.8 Å². The van der Waals surface area contributed by atoms with Crippen LogP contribution in [-0.2, 0) is 13.0 Å². The molecule has 0 saturated carbocycles. The third kappa shape index (κ3) is 2.45. The summed E-state index contributed by atoms with van der Waals surface area (Å²) in [6.45, 7) is 2.39. The summed E-state index contributed by atoms with van der Waals surface area (Å²) in [7, 11) is 1.66. The van der Waals surface area contributed by atoms with Gasteiger partial charge in [0.25, 0.3) is 11.3 Å². The first-order chi connectivity index (χ1) is 13.7. The molecule has 0 amide bonds. The van der Waals surface area contributed by atoms with Crippen molar-refractivity contribution in [2.75, 3.05) is 7.11 Å². The Morgan fingerprint density at radius 1 is 1.25 bits per heavy atom. The molecule has 4 aromatic heterocycles. The first kappa shape index (κ1) is 16.5. The van der Waals surface area contributed by atoms with E-state index in [-0.39, 0.29) is 5.56 Å². The summed E-state index contributed by atoms with van der Waals surface area (Å²) in [6.07, 6.45) is 5.96. The number of hydrogen-bond acceptors (Lipinski definition) is 5. The van der Waals surface area contributed by atoms with Crippen molar-refractivity contribution in [3.63, 3.8) is 0 Å². The van der Waals surface area contributed by atoms with Gasteiger partial charge >= 0.3 is 0 Å². The average Bonchev–Trinajstić information content (AvgIpc) is 3.33. The highest BCUT2D eigenvalue weighted by atomic mass is 16.5. The fraction of sp³-hybridized carbons (Fsp3) is 0.200. The highest BCUT2D eigenvalue weighted by Crippen LogP contribution is 2.24. The smallest absolute Gasteiger partial charge is 0.261 e. The van der Waals surface area contributed by atoms with Gasteiger partial charge in [-0.25, -0.2) is 4.98 Å². The van der Waals surface area contributed by atoms with Crippen LogP contribution >= 0.6 is 0 Å². The van der Waals surface area contributed by atoms with Gasteiger partial charge in [0.2, 0.25) is 0 Å². The maximum atomic E-state index is 13.1. The second-order valence-corrected chi connectivity index (χ2v) is 6.72. The molecule has 0 aliphatic rings. The minimum absolute atomic E-state index is 0.0719. The number of aromatic nitrogens is 6. The fourth-order valence-electron chi connectivity index (χ4n) is 3.68. The zero-order valence-corrected chi connectivity index (χ0v) is 15.5. The van der Waals surface area contributed by atoms with E-state index >= 15 is 0 Å². The zero-order valence-electron chi connectivity index (χ0n) is 15.5. The Balaban J connectivity index is 1.54. The number of fused-ring (bicyclic) bond motifs is 4. The molecule has 8 nitrogen and oxygen atoms in total. The van der Waals surface area contributed by atoms with Crippen LogP contribution in [0.4, 0.5) is 0 Å². The Bertz CT molecular complexity index is 1390. The number of nitrogens with zero attached hydrogens (tertiary/aromatic N) is 5.